The van der Waals surface area contributed by atoms with Gasteiger partial charge in [0, 0.05) is 24.6 Å². The Morgan fingerprint density at radius 2 is 1.93 bits per heavy atom. The molecule has 0 radical (unpaired) electrons. The first-order valence-corrected chi connectivity index (χ1v) is 8.01. The smallest absolute Gasteiger partial charge is 0.276 e. The highest BCUT2D eigenvalue weighted by Crippen LogP contribution is 2.35. The minimum Gasteiger partial charge on any atom is -0.455 e. The molecule has 0 spiro atoms. The molecular formula is C17H15Cl2N5O4. The molecule has 1 aromatic heterocycles. The third kappa shape index (κ3) is 4.00. The number of non-ortho nitro benzene ring substituents is 1. The molecule has 3 aromatic rings. The van der Waals surface area contributed by atoms with Crippen molar-refractivity contribution in [2.24, 2.45) is 5.73 Å². The summed E-state index contributed by atoms with van der Waals surface area (Å²) < 4.78 is 5.78. The number of nitrogens with two attached hydrogens (primary N) is 1. The van der Waals surface area contributed by atoms with Crippen LogP contribution < -0.4 is 10.5 Å². The number of nitrogens with zero attached hydrogens (tertiary/aromatic N) is 2. The van der Waals surface area contributed by atoms with E-state index in [1.165, 1.54) is 31.3 Å². The highest BCUT2D eigenvalue weighted by Gasteiger charge is 2.19. The Morgan fingerprint density at radius 1 is 1.29 bits per heavy atom. The summed E-state index contributed by atoms with van der Waals surface area (Å²) in [5.74, 6) is -0.136. The van der Waals surface area contributed by atoms with Gasteiger partial charge in [-0.1, -0.05) is 11.6 Å². The minimum atomic E-state index is -0.504. The Bertz CT molecular complexity index is 1070. The quantitative estimate of drug-likeness (QED) is 0.252. The van der Waals surface area contributed by atoms with Crippen LogP contribution in [-0.4, -0.2) is 33.7 Å². The number of aromatic amines is 1. The third-order valence-corrected chi connectivity index (χ3v) is 4.20. The summed E-state index contributed by atoms with van der Waals surface area (Å²) in [7, 11) is 1.38. The van der Waals surface area contributed by atoms with E-state index in [2.05, 4.69) is 4.98 Å². The fourth-order valence-electron chi connectivity index (χ4n) is 2.41. The number of hydrogen-bond acceptors (Lipinski definition) is 5. The van der Waals surface area contributed by atoms with E-state index in [1.807, 2.05) is 0 Å². The summed E-state index contributed by atoms with van der Waals surface area (Å²) >= 11 is 6.21. The van der Waals surface area contributed by atoms with Crippen molar-refractivity contribution < 1.29 is 14.5 Å². The Kier molecular flexibility index (Phi) is 6.12. The molecule has 146 valence electrons. The van der Waals surface area contributed by atoms with Crippen LogP contribution in [0.15, 0.2) is 42.5 Å². The van der Waals surface area contributed by atoms with Gasteiger partial charge in [-0.3, -0.25) is 25.2 Å². The predicted octanol–water partition coefficient (Wildman–Crippen LogP) is 3.91. The number of guanidine groups is 1. The third-order valence-electron chi connectivity index (χ3n) is 3.87. The number of carbonyl (C=O) groups excluding carboxylic acids is 1. The van der Waals surface area contributed by atoms with Crippen molar-refractivity contribution in [1.29, 1.82) is 5.41 Å². The number of rotatable bonds is 4. The summed E-state index contributed by atoms with van der Waals surface area (Å²) in [5.41, 5.74) is 5.95. The Morgan fingerprint density at radius 3 is 2.50 bits per heavy atom. The number of carbonyl (C=O) groups is 1. The molecule has 0 aliphatic heterocycles. The second-order valence-electron chi connectivity index (χ2n) is 5.62. The van der Waals surface area contributed by atoms with E-state index in [-0.39, 0.29) is 23.8 Å². The lowest BCUT2D eigenvalue weighted by Gasteiger charge is -2.12. The van der Waals surface area contributed by atoms with Crippen molar-refractivity contribution in [1.82, 2.24) is 9.88 Å². The fourth-order valence-corrected chi connectivity index (χ4v) is 2.62. The molecule has 0 unspecified atom stereocenters. The van der Waals surface area contributed by atoms with E-state index >= 15 is 0 Å². The number of fused-ring (bicyclic) bond motifs is 1. The fraction of sp³-hybridized carbons (Fsp3) is 0.0588. The van der Waals surface area contributed by atoms with Gasteiger partial charge in [0.15, 0.2) is 11.7 Å². The van der Waals surface area contributed by atoms with E-state index in [1.54, 1.807) is 18.2 Å². The van der Waals surface area contributed by atoms with Crippen molar-refractivity contribution in [3.05, 3.63) is 63.3 Å². The Hall–Kier alpha value is -3.30. The Balaban J connectivity index is 0.00000280. The number of amides is 1. The zero-order valence-corrected chi connectivity index (χ0v) is 16.0. The molecule has 0 aliphatic carbocycles. The molecule has 0 saturated heterocycles. The second-order valence-corrected chi connectivity index (χ2v) is 6.03. The van der Waals surface area contributed by atoms with Crippen molar-refractivity contribution in [3.63, 3.8) is 0 Å². The number of nitro groups is 1. The molecule has 11 heteroatoms. The maximum atomic E-state index is 12.4. The highest BCUT2D eigenvalue weighted by atomic mass is 35.5. The Labute approximate surface area is 170 Å². The van der Waals surface area contributed by atoms with Gasteiger partial charge in [0.2, 0.25) is 0 Å². The lowest BCUT2D eigenvalue weighted by Crippen LogP contribution is -2.38. The first kappa shape index (κ1) is 21.0. The number of aromatic nitrogens is 1. The van der Waals surface area contributed by atoms with E-state index in [4.69, 9.17) is 27.5 Å². The standard InChI is InChI=1S/C17H14ClN5O4.ClH/c1-22(17(19)20)16(24)13-8-11-12(18)6-7-14(15(11)21-13)27-10-4-2-9(3-5-10)23(25)26;/h2-8,21H,1H3,(H3,19,20);1H. The van der Waals surface area contributed by atoms with E-state index < -0.39 is 16.8 Å². The number of ether oxygens (including phenoxy) is 1. The number of benzene rings is 2. The molecule has 0 bridgehead atoms. The van der Waals surface area contributed by atoms with Crippen LogP contribution in [0.2, 0.25) is 5.02 Å². The monoisotopic (exact) mass is 423 g/mol. The van der Waals surface area contributed by atoms with Gasteiger partial charge in [0.05, 0.1) is 15.5 Å². The van der Waals surface area contributed by atoms with Crippen molar-refractivity contribution in [3.8, 4) is 11.5 Å². The van der Waals surface area contributed by atoms with Crippen molar-refractivity contribution in [2.75, 3.05) is 7.05 Å². The lowest BCUT2D eigenvalue weighted by atomic mass is 10.2. The summed E-state index contributed by atoms with van der Waals surface area (Å²) in [6, 6.07) is 10.4. The van der Waals surface area contributed by atoms with Gasteiger partial charge in [-0.2, -0.15) is 0 Å². The molecule has 28 heavy (non-hydrogen) atoms. The summed E-state index contributed by atoms with van der Waals surface area (Å²) in [4.78, 5) is 26.5. The van der Waals surface area contributed by atoms with Gasteiger partial charge in [-0.15, -0.1) is 12.4 Å². The number of hydrogen-bond donors (Lipinski definition) is 3. The second kappa shape index (κ2) is 8.15. The summed E-state index contributed by atoms with van der Waals surface area (Å²) in [6.07, 6.45) is 0. The molecule has 1 amide bonds. The number of halogens is 2. The summed E-state index contributed by atoms with van der Waals surface area (Å²) in [6.45, 7) is 0. The molecule has 0 atom stereocenters. The normalized spacial score (nSPS) is 10.2. The van der Waals surface area contributed by atoms with E-state index in [9.17, 15) is 14.9 Å². The first-order chi connectivity index (χ1) is 12.8. The lowest BCUT2D eigenvalue weighted by molar-refractivity contribution is -0.384. The van der Waals surface area contributed by atoms with Gasteiger partial charge in [0.25, 0.3) is 11.6 Å². The first-order valence-electron chi connectivity index (χ1n) is 7.63. The molecule has 0 fully saturated rings. The molecule has 3 rings (SSSR count). The van der Waals surface area contributed by atoms with Gasteiger partial charge >= 0.3 is 0 Å². The van der Waals surface area contributed by atoms with Crippen LogP contribution >= 0.6 is 24.0 Å². The van der Waals surface area contributed by atoms with Crippen LogP contribution in [0.5, 0.6) is 11.5 Å². The van der Waals surface area contributed by atoms with Crippen molar-refractivity contribution >= 4 is 52.5 Å². The van der Waals surface area contributed by atoms with Crippen molar-refractivity contribution in [2.45, 2.75) is 0 Å². The zero-order valence-electron chi connectivity index (χ0n) is 14.4. The molecular weight excluding hydrogens is 409 g/mol. The highest BCUT2D eigenvalue weighted by molar-refractivity contribution is 6.35. The molecule has 4 N–H and O–H groups in total. The largest absolute Gasteiger partial charge is 0.455 e. The van der Waals surface area contributed by atoms with Crippen LogP contribution in [0.4, 0.5) is 5.69 Å². The van der Waals surface area contributed by atoms with Crippen LogP contribution in [0.3, 0.4) is 0 Å². The number of H-pyrrole nitrogens is 1. The van der Waals surface area contributed by atoms with Gasteiger partial charge in [-0.25, -0.2) is 0 Å². The van der Waals surface area contributed by atoms with Crippen LogP contribution in [-0.2, 0) is 0 Å². The topological polar surface area (TPSA) is 138 Å². The van der Waals surface area contributed by atoms with Crippen LogP contribution in [0.25, 0.3) is 10.9 Å². The molecule has 2 aromatic carbocycles. The maximum Gasteiger partial charge on any atom is 0.276 e. The van der Waals surface area contributed by atoms with Gasteiger partial charge in [0.1, 0.15) is 11.4 Å². The van der Waals surface area contributed by atoms with E-state index in [0.717, 1.165) is 4.90 Å². The van der Waals surface area contributed by atoms with Gasteiger partial charge in [-0.05, 0) is 30.3 Å². The van der Waals surface area contributed by atoms with Crippen LogP contribution in [0.1, 0.15) is 10.5 Å². The SMILES string of the molecule is CN(C(=N)N)C(=O)c1cc2c(Cl)ccc(Oc3ccc([N+](=O)[O-])cc3)c2[nH]1.Cl. The minimum absolute atomic E-state index is 0. The molecule has 1 heterocycles. The number of nitrogens with one attached hydrogen (secondary N) is 2. The predicted molar refractivity (Wildman–Crippen MR) is 108 cm³/mol. The van der Waals surface area contributed by atoms with Crippen LogP contribution in [0, 0.1) is 15.5 Å². The van der Waals surface area contributed by atoms with Gasteiger partial charge < -0.3 is 15.5 Å². The molecule has 9 nitrogen and oxygen atoms in total. The average molecular weight is 424 g/mol. The van der Waals surface area contributed by atoms with E-state index in [0.29, 0.717) is 27.4 Å². The number of nitro benzene ring substituents is 1. The molecule has 0 saturated carbocycles. The zero-order chi connectivity index (χ0) is 19.7. The average Bonchev–Trinajstić information content (AvgIpc) is 3.09. The maximum absolute atomic E-state index is 12.4. The summed E-state index contributed by atoms with van der Waals surface area (Å²) in [5, 5.41) is 19.1. The molecule has 0 aliphatic rings.